The fourth-order valence-corrected chi connectivity index (χ4v) is 0.559. The molecule has 29 valence electrons. The smallest absolute Gasteiger partial charge is 0.0818 e. The van der Waals surface area contributed by atoms with E-state index in [0.29, 0.717) is 0 Å². The average Bonchev–Trinajstić information content (AvgIpc) is 1.76. The number of hydrogen-bond donors (Lipinski definition) is 0. The van der Waals surface area contributed by atoms with Crippen molar-refractivity contribution in [1.82, 2.24) is 4.89 Å². The van der Waals surface area contributed by atoms with Gasteiger partial charge in [0, 0.05) is 5.75 Å². The molecule has 3 heteroatoms. The second-order valence-electron chi connectivity index (χ2n) is 0.741. The zero-order chi connectivity index (χ0) is 3.54. The van der Waals surface area contributed by atoms with Gasteiger partial charge in [0.2, 0.25) is 0 Å². The predicted molar refractivity (Wildman–Crippen MR) is 20.5 cm³/mol. The van der Waals surface area contributed by atoms with Gasteiger partial charge in [-0.3, -0.25) is 4.84 Å². The van der Waals surface area contributed by atoms with Crippen molar-refractivity contribution in [3.63, 3.8) is 0 Å². The quantitative estimate of drug-likeness (QED) is 0.396. The molecular formula is C2H4NOS. The normalized spacial score (nSPS) is 24.0. The van der Waals surface area contributed by atoms with Gasteiger partial charge in [-0.05, 0) is 16.8 Å². The Bertz CT molecular complexity index is 21.2. The average molecular weight is 90.1 g/mol. The molecule has 0 bridgehead atoms. The van der Waals surface area contributed by atoms with Crippen LogP contribution >= 0.6 is 11.9 Å². The van der Waals surface area contributed by atoms with Crippen molar-refractivity contribution < 1.29 is 4.84 Å². The van der Waals surface area contributed by atoms with Crippen molar-refractivity contribution in [2.75, 3.05) is 12.4 Å². The standard InChI is InChI=1S/C2H4NOS/c1-2-5-3-4-1/h1-2H2. The van der Waals surface area contributed by atoms with Crippen LogP contribution in [0.25, 0.3) is 0 Å². The summed E-state index contributed by atoms with van der Waals surface area (Å²) in [6.07, 6.45) is 0. The zero-order valence-corrected chi connectivity index (χ0v) is 3.49. The first-order valence-corrected chi connectivity index (χ1v) is 2.38. The summed E-state index contributed by atoms with van der Waals surface area (Å²) in [5.41, 5.74) is 0. The minimum Gasteiger partial charge on any atom is -0.270 e. The molecule has 0 amide bonds. The highest BCUT2D eigenvalue weighted by molar-refractivity contribution is 7.97. The largest absolute Gasteiger partial charge is 0.270 e. The molecule has 1 radical (unpaired) electrons. The Hall–Kier alpha value is 0.270. The van der Waals surface area contributed by atoms with Crippen molar-refractivity contribution in [1.29, 1.82) is 0 Å². The molecule has 0 aromatic rings. The molecule has 0 atom stereocenters. The van der Waals surface area contributed by atoms with Crippen LogP contribution in [0.3, 0.4) is 0 Å². The van der Waals surface area contributed by atoms with Crippen LogP contribution in [-0.4, -0.2) is 12.4 Å². The van der Waals surface area contributed by atoms with Crippen molar-refractivity contribution in [2.45, 2.75) is 0 Å². The van der Waals surface area contributed by atoms with E-state index in [9.17, 15) is 0 Å². The first kappa shape index (κ1) is 3.46. The lowest BCUT2D eigenvalue weighted by Crippen LogP contribution is -1.83. The number of rotatable bonds is 0. The van der Waals surface area contributed by atoms with E-state index >= 15 is 0 Å². The molecule has 1 rings (SSSR count). The van der Waals surface area contributed by atoms with Gasteiger partial charge < -0.3 is 0 Å². The van der Waals surface area contributed by atoms with E-state index in [2.05, 4.69) is 9.72 Å². The first-order valence-electron chi connectivity index (χ1n) is 1.44. The number of nitrogens with zero attached hydrogens (tertiary/aromatic N) is 1. The van der Waals surface area contributed by atoms with Gasteiger partial charge in [0.05, 0.1) is 6.61 Å². The molecule has 0 N–H and O–H groups in total. The van der Waals surface area contributed by atoms with Gasteiger partial charge in [0.15, 0.2) is 0 Å². The predicted octanol–water partition coefficient (Wildman–Crippen LogP) is 0.184. The molecule has 0 aliphatic carbocycles. The van der Waals surface area contributed by atoms with Gasteiger partial charge in [-0.15, -0.1) is 0 Å². The summed E-state index contributed by atoms with van der Waals surface area (Å²) in [6, 6.07) is 0. The Morgan fingerprint density at radius 3 is 3.00 bits per heavy atom. The van der Waals surface area contributed by atoms with Crippen molar-refractivity contribution in [3.05, 3.63) is 0 Å². The maximum absolute atomic E-state index is 4.53. The topological polar surface area (TPSA) is 23.3 Å². The van der Waals surface area contributed by atoms with E-state index in [4.69, 9.17) is 0 Å². The fraction of sp³-hybridized carbons (Fsp3) is 1.00. The van der Waals surface area contributed by atoms with E-state index in [1.54, 1.807) is 0 Å². The Morgan fingerprint density at radius 2 is 2.80 bits per heavy atom. The van der Waals surface area contributed by atoms with E-state index in [1.165, 1.54) is 11.9 Å². The molecule has 0 aromatic heterocycles. The van der Waals surface area contributed by atoms with Crippen LogP contribution in [0.2, 0.25) is 0 Å². The summed E-state index contributed by atoms with van der Waals surface area (Å²) in [4.78, 5) is 8.03. The van der Waals surface area contributed by atoms with Gasteiger partial charge >= 0.3 is 0 Å². The molecule has 0 spiro atoms. The van der Waals surface area contributed by atoms with Gasteiger partial charge in [0.25, 0.3) is 0 Å². The van der Waals surface area contributed by atoms with Gasteiger partial charge in [0.1, 0.15) is 0 Å². The summed E-state index contributed by atoms with van der Waals surface area (Å²) >= 11 is 1.48. The third kappa shape index (κ3) is 0.792. The second-order valence-corrected chi connectivity index (χ2v) is 1.56. The molecule has 0 saturated carbocycles. The highest BCUT2D eigenvalue weighted by atomic mass is 32.2. The maximum atomic E-state index is 4.53. The Balaban J connectivity index is 2.08. The van der Waals surface area contributed by atoms with Crippen LogP contribution in [0.4, 0.5) is 0 Å². The Labute approximate surface area is 35.0 Å². The highest BCUT2D eigenvalue weighted by Crippen LogP contribution is 2.01. The molecule has 1 aliphatic rings. The minimum absolute atomic E-state index is 0.796. The Morgan fingerprint density at radius 1 is 1.80 bits per heavy atom. The highest BCUT2D eigenvalue weighted by Gasteiger charge is 1.97. The van der Waals surface area contributed by atoms with Gasteiger partial charge in [-0.2, -0.15) is 0 Å². The molecular weight excluding hydrogens is 86.1 g/mol. The van der Waals surface area contributed by atoms with Crippen LogP contribution in [0, 0.1) is 0 Å². The van der Waals surface area contributed by atoms with Crippen LogP contribution in [0.15, 0.2) is 0 Å². The summed E-state index contributed by atoms with van der Waals surface area (Å²) < 4.78 is 0. The SMILES string of the molecule is C1CS[N]O1. The lowest BCUT2D eigenvalue weighted by atomic mass is 10.9. The van der Waals surface area contributed by atoms with E-state index in [1.807, 2.05) is 0 Å². The summed E-state index contributed by atoms with van der Waals surface area (Å²) in [6.45, 7) is 0.796. The molecule has 5 heavy (non-hydrogen) atoms. The minimum atomic E-state index is 0.796. The molecule has 1 aliphatic heterocycles. The summed E-state index contributed by atoms with van der Waals surface area (Å²) in [5, 5.41) is 0. The summed E-state index contributed by atoms with van der Waals surface area (Å²) in [7, 11) is 0. The van der Waals surface area contributed by atoms with Crippen LogP contribution in [0.1, 0.15) is 0 Å². The maximum Gasteiger partial charge on any atom is 0.0818 e. The molecule has 1 fully saturated rings. The van der Waals surface area contributed by atoms with Crippen molar-refractivity contribution in [2.24, 2.45) is 0 Å². The molecule has 0 aromatic carbocycles. The monoisotopic (exact) mass is 90.0 g/mol. The number of hydrogen-bond acceptors (Lipinski definition) is 2. The van der Waals surface area contributed by atoms with E-state index in [0.717, 1.165) is 12.4 Å². The second kappa shape index (κ2) is 1.64. The van der Waals surface area contributed by atoms with E-state index in [-0.39, 0.29) is 0 Å². The van der Waals surface area contributed by atoms with Crippen molar-refractivity contribution in [3.8, 4) is 0 Å². The molecule has 2 nitrogen and oxygen atoms in total. The molecule has 1 saturated heterocycles. The molecule has 1 heterocycles. The Kier molecular flexibility index (Phi) is 1.14. The van der Waals surface area contributed by atoms with Crippen molar-refractivity contribution >= 4 is 11.9 Å². The lowest BCUT2D eigenvalue weighted by Gasteiger charge is -1.72. The fourth-order valence-electron chi connectivity index (χ4n) is 0.186. The van der Waals surface area contributed by atoms with Gasteiger partial charge in [-0.25, -0.2) is 0 Å². The molecule has 0 unspecified atom stereocenters. The zero-order valence-electron chi connectivity index (χ0n) is 2.68. The third-order valence-corrected chi connectivity index (χ3v) is 0.931. The van der Waals surface area contributed by atoms with Crippen LogP contribution < -0.4 is 4.89 Å². The third-order valence-electron chi connectivity index (χ3n) is 0.371. The lowest BCUT2D eigenvalue weighted by molar-refractivity contribution is 0.126. The summed E-state index contributed by atoms with van der Waals surface area (Å²) in [5.74, 6) is 1.03. The van der Waals surface area contributed by atoms with Gasteiger partial charge in [-0.1, -0.05) is 0 Å². The van der Waals surface area contributed by atoms with Crippen LogP contribution in [0.5, 0.6) is 0 Å². The first-order chi connectivity index (χ1) is 2.50. The van der Waals surface area contributed by atoms with Crippen LogP contribution in [-0.2, 0) is 4.84 Å². The van der Waals surface area contributed by atoms with E-state index < -0.39 is 0 Å².